The van der Waals surface area contributed by atoms with E-state index in [1.165, 1.54) is 6.26 Å². The van der Waals surface area contributed by atoms with E-state index in [1.54, 1.807) is 30.5 Å². The number of aromatic nitrogens is 1. The van der Waals surface area contributed by atoms with Gasteiger partial charge in [-0.2, -0.15) is 0 Å². The number of aromatic carboxylic acids is 1. The lowest BCUT2D eigenvalue weighted by Crippen LogP contribution is -2.00. The van der Waals surface area contributed by atoms with E-state index in [0.717, 1.165) is 10.0 Å². The van der Waals surface area contributed by atoms with Crippen LogP contribution in [-0.2, 0) is 0 Å². The molecule has 0 saturated heterocycles. The first kappa shape index (κ1) is 11.9. The van der Waals surface area contributed by atoms with Gasteiger partial charge in [0.2, 0.25) is 0 Å². The Kier molecular flexibility index (Phi) is 2.83. The minimum absolute atomic E-state index is 0.225. The van der Waals surface area contributed by atoms with Crippen molar-refractivity contribution in [3.8, 4) is 11.3 Å². The summed E-state index contributed by atoms with van der Waals surface area (Å²) < 4.78 is 5.83. The molecule has 5 heteroatoms. The number of nitrogens with zero attached hydrogens (tertiary/aromatic N) is 1. The normalized spacial score (nSPS) is 10.8. The van der Waals surface area contributed by atoms with E-state index in [2.05, 4.69) is 20.9 Å². The lowest BCUT2D eigenvalue weighted by Gasteiger charge is -2.06. The second kappa shape index (κ2) is 4.51. The summed E-state index contributed by atoms with van der Waals surface area (Å²) in [4.78, 5) is 15.8. The van der Waals surface area contributed by atoms with Gasteiger partial charge in [0.1, 0.15) is 0 Å². The molecule has 0 bridgehead atoms. The highest BCUT2D eigenvalue weighted by Gasteiger charge is 2.13. The Labute approximate surface area is 116 Å². The molecule has 4 nitrogen and oxygen atoms in total. The molecule has 0 unspecified atom stereocenters. The summed E-state index contributed by atoms with van der Waals surface area (Å²) in [6.45, 7) is 0. The number of benzene rings is 1. The fourth-order valence-electron chi connectivity index (χ4n) is 1.93. The van der Waals surface area contributed by atoms with Crippen molar-refractivity contribution in [3.05, 3.63) is 52.9 Å². The first-order chi connectivity index (χ1) is 9.15. The Hall–Kier alpha value is -2.14. The lowest BCUT2D eigenvalue weighted by molar-refractivity contribution is 0.0699. The van der Waals surface area contributed by atoms with Gasteiger partial charge in [-0.15, -0.1) is 0 Å². The summed E-state index contributed by atoms with van der Waals surface area (Å²) in [5, 5.41) is 9.93. The first-order valence-corrected chi connectivity index (χ1v) is 6.30. The minimum Gasteiger partial charge on any atom is -0.478 e. The third-order valence-corrected chi connectivity index (χ3v) is 3.31. The molecule has 0 aliphatic rings. The molecule has 19 heavy (non-hydrogen) atoms. The third-order valence-electron chi connectivity index (χ3n) is 2.82. The molecular weight excluding hydrogens is 310 g/mol. The molecule has 0 atom stereocenters. The number of halogens is 1. The van der Waals surface area contributed by atoms with Gasteiger partial charge >= 0.3 is 5.97 Å². The average molecular weight is 318 g/mol. The second-order valence-electron chi connectivity index (χ2n) is 4.03. The van der Waals surface area contributed by atoms with Crippen LogP contribution in [0.25, 0.3) is 22.2 Å². The highest BCUT2D eigenvalue weighted by Crippen LogP contribution is 2.27. The molecule has 0 aliphatic carbocycles. The highest BCUT2D eigenvalue weighted by molar-refractivity contribution is 9.10. The summed E-state index contributed by atoms with van der Waals surface area (Å²) in [5.41, 5.74) is 2.20. The van der Waals surface area contributed by atoms with Crippen LogP contribution in [0.4, 0.5) is 0 Å². The van der Waals surface area contributed by atoms with Crippen LogP contribution in [0.2, 0.25) is 0 Å². The topological polar surface area (TPSA) is 63.3 Å². The van der Waals surface area contributed by atoms with Crippen LogP contribution < -0.4 is 0 Å². The zero-order valence-electron chi connectivity index (χ0n) is 9.63. The van der Waals surface area contributed by atoms with E-state index < -0.39 is 5.97 Å². The number of carboxylic acid groups (broad SMARTS) is 1. The molecule has 0 saturated carbocycles. The van der Waals surface area contributed by atoms with E-state index in [-0.39, 0.29) is 5.56 Å². The number of rotatable bonds is 2. The number of hydrogen-bond donors (Lipinski definition) is 1. The van der Waals surface area contributed by atoms with Crippen molar-refractivity contribution in [3.63, 3.8) is 0 Å². The lowest BCUT2D eigenvalue weighted by atomic mass is 10.1. The van der Waals surface area contributed by atoms with Crippen molar-refractivity contribution in [2.24, 2.45) is 0 Å². The Morgan fingerprint density at radius 2 is 2.11 bits per heavy atom. The fourth-order valence-corrected chi connectivity index (χ4v) is 2.29. The number of carboxylic acids is 1. The van der Waals surface area contributed by atoms with Crippen molar-refractivity contribution >= 4 is 32.8 Å². The zero-order chi connectivity index (χ0) is 13.4. The maximum atomic E-state index is 11.4. The molecule has 3 aromatic rings. The molecule has 0 radical (unpaired) electrons. The predicted molar refractivity (Wildman–Crippen MR) is 74.1 cm³/mol. The van der Waals surface area contributed by atoms with Crippen LogP contribution in [0.3, 0.4) is 0 Å². The van der Waals surface area contributed by atoms with Gasteiger partial charge in [0.25, 0.3) is 0 Å². The average Bonchev–Trinajstić information content (AvgIpc) is 2.91. The molecule has 1 N–H and O–H groups in total. The number of fused-ring (bicyclic) bond motifs is 1. The Balaban J connectivity index is 2.34. The van der Waals surface area contributed by atoms with Gasteiger partial charge in [0, 0.05) is 15.4 Å². The van der Waals surface area contributed by atoms with Gasteiger partial charge in [-0.1, -0.05) is 15.9 Å². The van der Waals surface area contributed by atoms with Crippen LogP contribution >= 0.6 is 15.9 Å². The molecule has 94 valence electrons. The number of carbonyl (C=O) groups is 1. The molecule has 2 aromatic heterocycles. The molecule has 0 aliphatic heterocycles. The Morgan fingerprint density at radius 1 is 1.26 bits per heavy atom. The molecule has 0 amide bonds. The predicted octanol–water partition coefficient (Wildman–Crippen LogP) is 3.96. The smallest absolute Gasteiger partial charge is 0.336 e. The summed E-state index contributed by atoms with van der Waals surface area (Å²) in [7, 11) is 0. The fraction of sp³-hybridized carbons (Fsp3) is 0. The largest absolute Gasteiger partial charge is 0.478 e. The van der Waals surface area contributed by atoms with Gasteiger partial charge in [0.05, 0.1) is 29.3 Å². The molecule has 0 spiro atoms. The van der Waals surface area contributed by atoms with Crippen molar-refractivity contribution < 1.29 is 14.3 Å². The number of pyridine rings is 1. The van der Waals surface area contributed by atoms with Gasteiger partial charge in [-0.25, -0.2) is 9.78 Å². The van der Waals surface area contributed by atoms with Crippen molar-refractivity contribution in [1.82, 2.24) is 4.98 Å². The van der Waals surface area contributed by atoms with Crippen LogP contribution in [0.15, 0.2) is 51.7 Å². The summed E-state index contributed by atoms with van der Waals surface area (Å²) in [5.74, 6) is -0.977. The van der Waals surface area contributed by atoms with Crippen LogP contribution in [0, 0.1) is 0 Å². The van der Waals surface area contributed by atoms with E-state index in [9.17, 15) is 9.90 Å². The summed E-state index contributed by atoms with van der Waals surface area (Å²) in [6, 6.07) is 8.68. The Bertz CT molecular complexity index is 766. The van der Waals surface area contributed by atoms with Crippen molar-refractivity contribution in [2.45, 2.75) is 0 Å². The molecular formula is C14H8BrNO3. The van der Waals surface area contributed by atoms with E-state index in [4.69, 9.17) is 4.42 Å². The highest BCUT2D eigenvalue weighted by atomic mass is 79.9. The quantitative estimate of drug-likeness (QED) is 0.777. The molecule has 2 heterocycles. The molecule has 0 fully saturated rings. The molecule has 3 rings (SSSR count). The monoisotopic (exact) mass is 317 g/mol. The number of hydrogen-bond acceptors (Lipinski definition) is 3. The Morgan fingerprint density at radius 3 is 2.79 bits per heavy atom. The van der Waals surface area contributed by atoms with E-state index in [1.807, 2.05) is 6.07 Å². The van der Waals surface area contributed by atoms with Gasteiger partial charge in [-0.05, 0) is 30.3 Å². The third kappa shape index (κ3) is 2.13. The van der Waals surface area contributed by atoms with Crippen LogP contribution in [0.5, 0.6) is 0 Å². The van der Waals surface area contributed by atoms with E-state index >= 15 is 0 Å². The maximum absolute atomic E-state index is 11.4. The zero-order valence-corrected chi connectivity index (χ0v) is 11.2. The molecule has 1 aromatic carbocycles. The minimum atomic E-state index is -0.977. The van der Waals surface area contributed by atoms with Crippen molar-refractivity contribution in [2.75, 3.05) is 0 Å². The summed E-state index contributed by atoms with van der Waals surface area (Å²) >= 11 is 3.34. The maximum Gasteiger partial charge on any atom is 0.336 e. The number of furan rings is 1. The summed E-state index contributed by atoms with van der Waals surface area (Å²) in [6.07, 6.45) is 3.07. The van der Waals surface area contributed by atoms with Gasteiger partial charge < -0.3 is 9.52 Å². The second-order valence-corrected chi connectivity index (χ2v) is 4.95. The van der Waals surface area contributed by atoms with Crippen LogP contribution in [-0.4, -0.2) is 16.1 Å². The first-order valence-electron chi connectivity index (χ1n) is 5.51. The van der Waals surface area contributed by atoms with Crippen molar-refractivity contribution in [1.29, 1.82) is 0 Å². The SMILES string of the molecule is O=C(O)c1cc(-c2ccoc2)nc2ccc(Br)cc12. The van der Waals surface area contributed by atoms with Gasteiger partial charge in [0.15, 0.2) is 0 Å². The van der Waals surface area contributed by atoms with Gasteiger partial charge in [-0.3, -0.25) is 0 Å². The standard InChI is InChI=1S/C14H8BrNO3/c15-9-1-2-12-10(5-9)11(14(17)18)6-13(16-12)8-3-4-19-7-8/h1-7H,(H,17,18). The van der Waals surface area contributed by atoms with Crippen LogP contribution in [0.1, 0.15) is 10.4 Å². The van der Waals surface area contributed by atoms with E-state index in [0.29, 0.717) is 16.6 Å².